The van der Waals surface area contributed by atoms with Gasteiger partial charge in [-0.05, 0) is 19.1 Å². The minimum atomic E-state index is 0.0536. The molecular formula is C17H25N7O. The van der Waals surface area contributed by atoms with E-state index in [1.54, 1.807) is 0 Å². The second kappa shape index (κ2) is 8.19. The summed E-state index contributed by atoms with van der Waals surface area (Å²) in [4.78, 5) is 17.6. The van der Waals surface area contributed by atoms with E-state index in [1.807, 2.05) is 30.3 Å². The van der Waals surface area contributed by atoms with E-state index >= 15 is 0 Å². The van der Waals surface area contributed by atoms with E-state index in [4.69, 9.17) is 10.8 Å². The van der Waals surface area contributed by atoms with Crippen LogP contribution in [0.25, 0.3) is 0 Å². The van der Waals surface area contributed by atoms with Crippen molar-refractivity contribution in [3.05, 3.63) is 36.2 Å². The predicted octanol–water partition coefficient (Wildman–Crippen LogP) is 0.868. The summed E-state index contributed by atoms with van der Waals surface area (Å²) in [5.74, 6) is 1.34. The van der Waals surface area contributed by atoms with Crippen LogP contribution in [-0.2, 0) is 0 Å². The van der Waals surface area contributed by atoms with Gasteiger partial charge in [-0.1, -0.05) is 18.2 Å². The number of rotatable bonds is 6. The molecule has 1 fully saturated rings. The van der Waals surface area contributed by atoms with Crippen LogP contribution in [0, 0.1) is 0 Å². The van der Waals surface area contributed by atoms with Crippen LogP contribution in [0.5, 0.6) is 0 Å². The molecule has 0 spiro atoms. The van der Waals surface area contributed by atoms with E-state index in [2.05, 4.69) is 37.0 Å². The molecule has 1 atom stereocenters. The molecule has 1 aliphatic heterocycles. The monoisotopic (exact) mass is 343 g/mol. The maximum Gasteiger partial charge on any atom is 0.232 e. The first-order chi connectivity index (χ1) is 12.2. The molecular weight excluding hydrogens is 318 g/mol. The van der Waals surface area contributed by atoms with E-state index in [9.17, 15) is 0 Å². The van der Waals surface area contributed by atoms with E-state index < -0.39 is 0 Å². The van der Waals surface area contributed by atoms with Crippen molar-refractivity contribution < 1.29 is 5.11 Å². The van der Waals surface area contributed by atoms with Gasteiger partial charge in [0.05, 0.1) is 12.6 Å². The number of anilines is 3. The number of nitrogens with one attached hydrogen (secondary N) is 1. The third-order valence-corrected chi connectivity index (χ3v) is 4.44. The summed E-state index contributed by atoms with van der Waals surface area (Å²) >= 11 is 0. The zero-order chi connectivity index (χ0) is 17.6. The SMILES string of the molecule is C[C@H](c1nc(N)nc(Nc2ccccc2)n1)N1CCN(CCO)CC1. The molecule has 134 valence electrons. The molecule has 4 N–H and O–H groups in total. The van der Waals surface area contributed by atoms with E-state index in [1.165, 1.54) is 0 Å². The highest BCUT2D eigenvalue weighted by molar-refractivity contribution is 5.53. The zero-order valence-electron chi connectivity index (χ0n) is 14.5. The smallest absolute Gasteiger partial charge is 0.232 e. The average Bonchev–Trinajstić information content (AvgIpc) is 2.62. The lowest BCUT2D eigenvalue weighted by atomic mass is 10.2. The van der Waals surface area contributed by atoms with Crippen molar-refractivity contribution in [1.82, 2.24) is 24.8 Å². The summed E-state index contributed by atoms with van der Waals surface area (Å²) in [5.41, 5.74) is 6.79. The fourth-order valence-electron chi connectivity index (χ4n) is 2.98. The Bertz CT molecular complexity index is 674. The number of nitrogen functional groups attached to an aromatic ring is 1. The first-order valence-corrected chi connectivity index (χ1v) is 8.56. The quantitative estimate of drug-likeness (QED) is 0.710. The van der Waals surface area contributed by atoms with Crippen LogP contribution in [0.4, 0.5) is 17.6 Å². The van der Waals surface area contributed by atoms with Crippen molar-refractivity contribution >= 4 is 17.6 Å². The number of aliphatic hydroxyl groups excluding tert-OH is 1. The van der Waals surface area contributed by atoms with Gasteiger partial charge in [0.25, 0.3) is 0 Å². The topological polar surface area (TPSA) is 103 Å². The largest absolute Gasteiger partial charge is 0.395 e. The van der Waals surface area contributed by atoms with Crippen LogP contribution in [0.1, 0.15) is 18.8 Å². The molecule has 0 amide bonds. The number of aliphatic hydroxyl groups is 1. The van der Waals surface area contributed by atoms with Crippen molar-refractivity contribution in [3.63, 3.8) is 0 Å². The highest BCUT2D eigenvalue weighted by Gasteiger charge is 2.24. The number of benzene rings is 1. The molecule has 3 rings (SSSR count). The summed E-state index contributed by atoms with van der Waals surface area (Å²) in [5, 5.41) is 12.2. The minimum Gasteiger partial charge on any atom is -0.395 e. The Morgan fingerprint density at radius 2 is 1.84 bits per heavy atom. The normalized spacial score (nSPS) is 17.4. The molecule has 1 aromatic heterocycles. The first-order valence-electron chi connectivity index (χ1n) is 8.56. The number of para-hydroxylation sites is 1. The Labute approximate surface area is 147 Å². The number of β-amino-alcohol motifs (C(OH)–C–C–N with tert-alkyl or cyclic N) is 1. The summed E-state index contributed by atoms with van der Waals surface area (Å²) in [6, 6.07) is 9.80. The predicted molar refractivity (Wildman–Crippen MR) is 97.5 cm³/mol. The molecule has 1 aliphatic rings. The van der Waals surface area contributed by atoms with Gasteiger partial charge in [-0.15, -0.1) is 0 Å². The van der Waals surface area contributed by atoms with Gasteiger partial charge in [0.15, 0.2) is 5.82 Å². The van der Waals surface area contributed by atoms with Gasteiger partial charge in [0, 0.05) is 38.4 Å². The van der Waals surface area contributed by atoms with Crippen molar-refractivity contribution in [1.29, 1.82) is 0 Å². The Morgan fingerprint density at radius 3 is 2.52 bits per heavy atom. The lowest BCUT2D eigenvalue weighted by Gasteiger charge is -2.37. The average molecular weight is 343 g/mol. The van der Waals surface area contributed by atoms with Crippen molar-refractivity contribution in [2.45, 2.75) is 13.0 Å². The van der Waals surface area contributed by atoms with Gasteiger partial charge in [0.2, 0.25) is 11.9 Å². The molecule has 1 aromatic carbocycles. The Hall–Kier alpha value is -2.29. The molecule has 0 unspecified atom stereocenters. The molecule has 25 heavy (non-hydrogen) atoms. The summed E-state index contributed by atoms with van der Waals surface area (Å²) < 4.78 is 0. The second-order valence-electron chi connectivity index (χ2n) is 6.14. The van der Waals surface area contributed by atoms with Gasteiger partial charge >= 0.3 is 0 Å². The highest BCUT2D eigenvalue weighted by Crippen LogP contribution is 2.21. The second-order valence-corrected chi connectivity index (χ2v) is 6.14. The van der Waals surface area contributed by atoms with Crippen LogP contribution in [0.2, 0.25) is 0 Å². The first kappa shape index (κ1) is 17.5. The standard InChI is InChI=1S/C17H25N7O/c1-13(24-9-7-23(8-10-24)11-12-25)15-20-16(18)22-17(21-15)19-14-5-3-2-4-6-14/h2-6,13,25H,7-12H2,1H3,(H3,18,19,20,21,22)/t13-/m1/s1. The van der Waals surface area contributed by atoms with Crippen molar-refractivity contribution in [3.8, 4) is 0 Å². The van der Waals surface area contributed by atoms with Gasteiger partial charge in [-0.3, -0.25) is 9.80 Å². The molecule has 1 saturated heterocycles. The molecule has 0 aliphatic carbocycles. The number of piperazine rings is 1. The Balaban J connectivity index is 1.69. The van der Waals surface area contributed by atoms with Gasteiger partial charge in [-0.2, -0.15) is 15.0 Å². The number of hydrogen-bond donors (Lipinski definition) is 3. The third kappa shape index (κ3) is 4.62. The van der Waals surface area contributed by atoms with Crippen LogP contribution in [0.15, 0.2) is 30.3 Å². The Morgan fingerprint density at radius 1 is 1.12 bits per heavy atom. The molecule has 8 heteroatoms. The minimum absolute atomic E-state index is 0.0536. The number of hydrogen-bond acceptors (Lipinski definition) is 8. The lowest BCUT2D eigenvalue weighted by Crippen LogP contribution is -2.48. The van der Waals surface area contributed by atoms with Crippen molar-refractivity contribution in [2.75, 3.05) is 50.4 Å². The Kier molecular flexibility index (Phi) is 5.75. The molecule has 8 nitrogen and oxygen atoms in total. The molecule has 2 aromatic rings. The number of aromatic nitrogens is 3. The van der Waals surface area contributed by atoms with E-state index in [0.717, 1.165) is 38.4 Å². The summed E-state index contributed by atoms with van der Waals surface area (Å²) in [6.07, 6.45) is 0. The maximum atomic E-state index is 9.05. The highest BCUT2D eigenvalue weighted by atomic mass is 16.3. The fourth-order valence-corrected chi connectivity index (χ4v) is 2.98. The van der Waals surface area contributed by atoms with Gasteiger partial charge in [0.1, 0.15) is 0 Å². The van der Waals surface area contributed by atoms with Crippen LogP contribution >= 0.6 is 0 Å². The molecule has 0 saturated carbocycles. The van der Waals surface area contributed by atoms with Crippen LogP contribution < -0.4 is 11.1 Å². The van der Waals surface area contributed by atoms with Gasteiger partial charge < -0.3 is 16.2 Å². The molecule has 2 heterocycles. The van der Waals surface area contributed by atoms with Crippen LogP contribution in [-0.4, -0.2) is 69.2 Å². The summed E-state index contributed by atoms with van der Waals surface area (Å²) in [7, 11) is 0. The van der Waals surface area contributed by atoms with Gasteiger partial charge in [-0.25, -0.2) is 0 Å². The summed E-state index contributed by atoms with van der Waals surface area (Å²) in [6.45, 7) is 6.70. The van der Waals surface area contributed by atoms with E-state index in [0.29, 0.717) is 11.8 Å². The fraction of sp³-hybridized carbons (Fsp3) is 0.471. The number of nitrogens with two attached hydrogens (primary N) is 1. The van der Waals surface area contributed by atoms with Crippen molar-refractivity contribution in [2.24, 2.45) is 0 Å². The third-order valence-electron chi connectivity index (χ3n) is 4.44. The molecule has 0 bridgehead atoms. The molecule has 0 radical (unpaired) electrons. The zero-order valence-corrected chi connectivity index (χ0v) is 14.5. The van der Waals surface area contributed by atoms with E-state index in [-0.39, 0.29) is 18.6 Å². The number of nitrogens with zero attached hydrogens (tertiary/aromatic N) is 5. The lowest BCUT2D eigenvalue weighted by molar-refractivity contribution is 0.0862. The maximum absolute atomic E-state index is 9.05. The van der Waals surface area contributed by atoms with Crippen LogP contribution in [0.3, 0.4) is 0 Å².